The summed E-state index contributed by atoms with van der Waals surface area (Å²) >= 11 is 3.50. The van der Waals surface area contributed by atoms with E-state index in [4.69, 9.17) is 27.7 Å². The number of hydrogen-bond donors (Lipinski definition) is 10. The van der Waals surface area contributed by atoms with Crippen molar-refractivity contribution in [1.82, 2.24) is 46.6 Å². The molecule has 6 atom stereocenters. The smallest absolute Gasteiger partial charge is 0.251 e. The van der Waals surface area contributed by atoms with E-state index in [1.165, 1.54) is 28.3 Å². The van der Waals surface area contributed by atoms with Crippen LogP contribution in [0.15, 0.2) is 295 Å². The Labute approximate surface area is 733 Å². The van der Waals surface area contributed by atoms with Gasteiger partial charge >= 0.3 is 0 Å². The molecule has 21 nitrogen and oxygen atoms in total. The molecule has 0 unspecified atom stereocenters. The third-order valence-electron chi connectivity index (χ3n) is 22.6. The van der Waals surface area contributed by atoms with E-state index >= 15 is 0 Å². The van der Waals surface area contributed by atoms with Gasteiger partial charge in [-0.15, -0.1) is 0 Å². The first-order valence-corrected chi connectivity index (χ1v) is 43.9. The first kappa shape index (κ1) is 91.8. The Morgan fingerprint density at radius 3 is 1.15 bits per heavy atom. The number of halogens is 1. The molecule has 13 rings (SSSR count). The lowest BCUT2D eigenvalue weighted by atomic mass is 9.90. The number of nitrogens with one attached hydrogen (secondary N) is 6. The van der Waals surface area contributed by atoms with E-state index in [2.05, 4.69) is 126 Å². The van der Waals surface area contributed by atoms with E-state index in [1.54, 1.807) is 18.2 Å². The monoisotopic (exact) mass is 1720 g/mol. The molecular weight excluding hydrogens is 1600 g/mol. The van der Waals surface area contributed by atoms with Gasteiger partial charge in [0, 0.05) is 124 Å². The summed E-state index contributed by atoms with van der Waals surface area (Å²) in [5, 5.41) is 21.8. The first-order valence-electron chi connectivity index (χ1n) is 43.1. The van der Waals surface area contributed by atoms with Crippen LogP contribution < -0.4 is 59.6 Å². The molecule has 3 heterocycles. The van der Waals surface area contributed by atoms with Crippen molar-refractivity contribution in [1.29, 1.82) is 0 Å². The molecule has 0 aromatic heterocycles. The summed E-state index contributed by atoms with van der Waals surface area (Å²) in [7, 11) is 0. The molecule has 3 aliphatic heterocycles. The SMILES string of the molecule is CCOc1ccc(/C=C/C(=O)NC[C@@H]2CCN(CC(c3ccccc3)c3ccccc3)C(=O)[C@H](CCCN=C(N)N)N2)cc1.NCCC[C@@H]1N[C@H](CNC(=O)/C=C/c2ccccc2)CCN(CC(c2ccccc2)c2ccccc2)C1=O.NCCC[C@@H]1N[C@H](CNC(=O)c2ccc3cc(Br)ccc3c2)CCN(CC(c2ccccc2)c2ccccc2)C1=O. The van der Waals surface area contributed by atoms with Crippen molar-refractivity contribution in [2.75, 3.05) is 85.1 Å². The number of carbonyl (C=O) groups is 6. The van der Waals surface area contributed by atoms with Crippen LogP contribution in [0, 0.1) is 0 Å². The largest absolute Gasteiger partial charge is 0.494 e. The zero-order valence-electron chi connectivity index (χ0n) is 70.4. The molecule has 14 N–H and O–H groups in total. The predicted molar refractivity (Wildman–Crippen MR) is 499 cm³/mol. The minimum Gasteiger partial charge on any atom is -0.494 e. The number of rotatable bonds is 35. The highest BCUT2D eigenvalue weighted by Gasteiger charge is 2.36. The highest BCUT2D eigenvalue weighted by molar-refractivity contribution is 9.10. The van der Waals surface area contributed by atoms with Crippen molar-refractivity contribution in [2.24, 2.45) is 27.9 Å². The van der Waals surface area contributed by atoms with Gasteiger partial charge in [-0.1, -0.05) is 253 Å². The molecule has 3 fully saturated rings. The van der Waals surface area contributed by atoms with Crippen molar-refractivity contribution < 1.29 is 33.5 Å². The van der Waals surface area contributed by atoms with Gasteiger partial charge in [0.25, 0.3) is 5.91 Å². The Bertz CT molecular complexity index is 4880. The van der Waals surface area contributed by atoms with Crippen LogP contribution in [0.4, 0.5) is 0 Å². The lowest BCUT2D eigenvalue weighted by Gasteiger charge is -2.29. The number of nitrogens with two attached hydrogens (primary N) is 4. The highest BCUT2D eigenvalue weighted by Crippen LogP contribution is 2.32. The predicted octanol–water partition coefficient (Wildman–Crippen LogP) is 13.1. The van der Waals surface area contributed by atoms with E-state index in [1.807, 2.05) is 222 Å². The van der Waals surface area contributed by atoms with Gasteiger partial charge in [-0.3, -0.25) is 33.8 Å². The normalized spacial score (nSPS) is 17.5. The third-order valence-corrected chi connectivity index (χ3v) is 23.1. The lowest BCUT2D eigenvalue weighted by molar-refractivity contribution is -0.133. The maximum atomic E-state index is 14.0. The number of aliphatic imine (C=N–C) groups is 1. The van der Waals surface area contributed by atoms with Gasteiger partial charge in [-0.2, -0.15) is 0 Å². The number of guanidine groups is 1. The van der Waals surface area contributed by atoms with E-state index < -0.39 is 6.04 Å². The number of hydrogen-bond acceptors (Lipinski definition) is 13. The average molecular weight is 1720 g/mol. The van der Waals surface area contributed by atoms with Crippen LogP contribution in [-0.4, -0.2) is 177 Å². The van der Waals surface area contributed by atoms with Gasteiger partial charge in [0.1, 0.15) is 5.75 Å². The van der Waals surface area contributed by atoms with Crippen LogP contribution >= 0.6 is 15.9 Å². The molecule has 642 valence electrons. The lowest BCUT2D eigenvalue weighted by Crippen LogP contribution is -2.49. The summed E-state index contributed by atoms with van der Waals surface area (Å²) in [6, 6.07) is 90.0. The van der Waals surface area contributed by atoms with Crippen LogP contribution in [0.5, 0.6) is 5.75 Å². The zero-order chi connectivity index (χ0) is 86.3. The maximum absolute atomic E-state index is 14.0. The fourth-order valence-corrected chi connectivity index (χ4v) is 16.4. The quantitative estimate of drug-likeness (QED) is 0.00765. The van der Waals surface area contributed by atoms with Crippen LogP contribution in [0.1, 0.15) is 137 Å². The third kappa shape index (κ3) is 29.2. The summed E-state index contributed by atoms with van der Waals surface area (Å²) in [6.07, 6.45) is 12.9. The topological polar surface area (TPSA) is 310 Å². The van der Waals surface area contributed by atoms with Crippen LogP contribution in [-0.2, 0) is 24.0 Å². The number of carbonyl (C=O) groups excluding carboxylic acids is 6. The molecule has 10 aromatic carbocycles. The van der Waals surface area contributed by atoms with Gasteiger partial charge in [0.15, 0.2) is 5.96 Å². The molecule has 0 bridgehead atoms. The van der Waals surface area contributed by atoms with Crippen molar-refractivity contribution in [3.63, 3.8) is 0 Å². The number of ether oxygens (including phenoxy) is 1. The summed E-state index contributed by atoms with van der Waals surface area (Å²) in [4.78, 5) is 89.8. The van der Waals surface area contributed by atoms with Gasteiger partial charge in [0.2, 0.25) is 29.5 Å². The maximum Gasteiger partial charge on any atom is 0.251 e. The van der Waals surface area contributed by atoms with Crippen LogP contribution in [0.3, 0.4) is 0 Å². The summed E-state index contributed by atoms with van der Waals surface area (Å²) in [6.45, 7) is 8.94. The second-order valence-corrected chi connectivity index (χ2v) is 32.3. The molecule has 22 heteroatoms. The van der Waals surface area contributed by atoms with Crippen molar-refractivity contribution in [3.05, 3.63) is 340 Å². The zero-order valence-corrected chi connectivity index (χ0v) is 72.0. The van der Waals surface area contributed by atoms with E-state index in [-0.39, 0.29) is 89.4 Å². The summed E-state index contributed by atoms with van der Waals surface area (Å²) < 4.78 is 6.49. The Hall–Kier alpha value is -11.9. The molecule has 0 radical (unpaired) electrons. The van der Waals surface area contributed by atoms with Crippen molar-refractivity contribution in [2.45, 2.75) is 119 Å². The van der Waals surface area contributed by atoms with Crippen LogP contribution in [0.25, 0.3) is 22.9 Å². The fraction of sp³-hybridized carbons (Fsp3) is 0.317. The molecule has 3 aliphatic rings. The molecule has 3 saturated heterocycles. The second-order valence-electron chi connectivity index (χ2n) is 31.4. The minimum atomic E-state index is -0.416. The number of amides is 6. The van der Waals surface area contributed by atoms with Gasteiger partial charge < -0.3 is 74.3 Å². The number of benzene rings is 10. The van der Waals surface area contributed by atoms with Gasteiger partial charge in [-0.05, 0) is 182 Å². The number of fused-ring (bicyclic) bond motifs is 1. The first-order chi connectivity index (χ1) is 60.1. The molecule has 0 spiro atoms. The fourth-order valence-electron chi connectivity index (χ4n) is 16.0. The second kappa shape index (κ2) is 49.3. The molecular formula is C101H119BrN14O7. The highest BCUT2D eigenvalue weighted by atomic mass is 79.9. The van der Waals surface area contributed by atoms with Gasteiger partial charge in [0.05, 0.1) is 24.7 Å². The number of nitrogens with zero attached hydrogens (tertiary/aromatic N) is 4. The van der Waals surface area contributed by atoms with Gasteiger partial charge in [-0.25, -0.2) is 0 Å². The van der Waals surface area contributed by atoms with E-state index in [0.29, 0.717) is 123 Å². The molecule has 10 aromatic rings. The molecule has 0 aliphatic carbocycles. The molecule has 6 amide bonds. The minimum absolute atomic E-state index is 0.00676. The van der Waals surface area contributed by atoms with Crippen LogP contribution in [0.2, 0.25) is 0 Å². The molecule has 0 saturated carbocycles. The van der Waals surface area contributed by atoms with Crippen molar-refractivity contribution >= 4 is 80.3 Å². The Kier molecular flexibility index (Phi) is 36.8. The van der Waals surface area contributed by atoms with Crippen molar-refractivity contribution in [3.8, 4) is 5.75 Å². The Morgan fingerprint density at radius 2 is 0.789 bits per heavy atom. The standard InChI is InChI=1S/C35H44N6O3.C34H37BrN4O2.C32H38N4O2/c1-2-44-30-18-15-26(16-19-30)17-20-33(42)39-24-29-21-23-41(34(43)32(40-29)14-9-22-38-35(36)37)25-31(27-10-5-3-6-11-27)28-12-7-4-8-13-28;35-29-16-15-26-20-28(14-13-27(26)21-29)33(40)37-22-30-17-19-39(34(41)32(38-30)12-7-18-36)23-31(24-8-3-1-4-9-24)25-10-5-2-6-11-25;33-21-10-17-30-32(38)36(24-29(26-13-6-2-7-14-26)27-15-8-3-9-16-27)22-20-28(35-30)23-34-31(37)19-18-25-11-4-1-5-12-25/h3-8,10-13,15-20,29,31-32,40H,2,9,14,21-25H2,1H3,(H,39,42)(H4,36,37,38);1-6,8-11,13-16,20-21,30-32,38H,7,12,17-19,22-23,36H2,(H,37,40);1-9,11-16,18-19,28-30,35H,10,17,20-24,33H2,(H,34,37)/b20-17+;;19-18+/t29-,32-;30-,32-;28-,30-/m000/s1. The molecule has 123 heavy (non-hydrogen) atoms. The Balaban J connectivity index is 0.000000180. The summed E-state index contributed by atoms with van der Waals surface area (Å²) in [5.41, 5.74) is 32.2. The van der Waals surface area contributed by atoms with E-state index in [0.717, 1.165) is 68.9 Å². The Morgan fingerprint density at radius 1 is 0.447 bits per heavy atom. The van der Waals surface area contributed by atoms with E-state index in [9.17, 15) is 28.8 Å². The average Bonchev–Trinajstić information content (AvgIpc) is 1.80. The summed E-state index contributed by atoms with van der Waals surface area (Å²) in [5.74, 6) is 0.831.